The van der Waals surface area contributed by atoms with E-state index in [1.165, 1.54) is 0 Å². The summed E-state index contributed by atoms with van der Waals surface area (Å²) in [6, 6.07) is 8.67. The lowest BCUT2D eigenvalue weighted by molar-refractivity contribution is 0.0938. The molecule has 1 aliphatic rings. The zero-order chi connectivity index (χ0) is 18.0. The predicted octanol–water partition coefficient (Wildman–Crippen LogP) is 2.24. The van der Waals surface area contributed by atoms with Gasteiger partial charge in [0.2, 0.25) is 5.89 Å². The standard InChI is InChI=1S/C18H21N5O2/c1-11(2)16-21-18(25-22-16)15-8-14(10-23(15)3)20-17(24)13-6-4-12(9-19)5-7-13/h4-7,11,14-15H,8,10H2,1-3H3,(H,20,24)/t14-,15-/m0/s1. The van der Waals surface area contributed by atoms with Gasteiger partial charge < -0.3 is 9.84 Å². The number of nitrogens with zero attached hydrogens (tertiary/aromatic N) is 4. The molecular weight excluding hydrogens is 318 g/mol. The van der Waals surface area contributed by atoms with Gasteiger partial charge in [0, 0.05) is 24.1 Å². The fraction of sp³-hybridized carbons (Fsp3) is 0.444. The van der Waals surface area contributed by atoms with Gasteiger partial charge in [-0.2, -0.15) is 10.2 Å². The van der Waals surface area contributed by atoms with E-state index >= 15 is 0 Å². The SMILES string of the molecule is CC(C)c1noc([C@@H]2C[C@H](NC(=O)c3ccc(C#N)cc3)CN2C)n1. The number of amides is 1. The molecule has 7 heteroatoms. The fourth-order valence-electron chi connectivity index (χ4n) is 2.97. The number of hydrogen-bond donors (Lipinski definition) is 1. The summed E-state index contributed by atoms with van der Waals surface area (Å²) in [4.78, 5) is 19.0. The van der Waals surface area contributed by atoms with Gasteiger partial charge in [-0.3, -0.25) is 9.69 Å². The highest BCUT2D eigenvalue weighted by molar-refractivity contribution is 5.94. The molecule has 1 aromatic carbocycles. The molecule has 7 nitrogen and oxygen atoms in total. The van der Waals surface area contributed by atoms with Crippen molar-refractivity contribution in [3.8, 4) is 6.07 Å². The lowest BCUT2D eigenvalue weighted by Crippen LogP contribution is -2.36. The molecule has 1 N–H and O–H groups in total. The molecule has 0 spiro atoms. The minimum Gasteiger partial charge on any atom is -0.348 e. The molecule has 2 atom stereocenters. The number of aromatic nitrogens is 2. The monoisotopic (exact) mass is 339 g/mol. The largest absolute Gasteiger partial charge is 0.348 e. The van der Waals surface area contributed by atoms with E-state index in [1.807, 2.05) is 27.0 Å². The Kier molecular flexibility index (Phi) is 4.81. The third kappa shape index (κ3) is 3.69. The van der Waals surface area contributed by atoms with Crippen LogP contribution in [0, 0.1) is 11.3 Å². The summed E-state index contributed by atoms with van der Waals surface area (Å²) in [6.07, 6.45) is 0.720. The van der Waals surface area contributed by atoms with Crippen molar-refractivity contribution >= 4 is 5.91 Å². The minimum atomic E-state index is -0.142. The van der Waals surface area contributed by atoms with Crippen LogP contribution in [-0.2, 0) is 0 Å². The van der Waals surface area contributed by atoms with Crippen LogP contribution in [0.3, 0.4) is 0 Å². The quantitative estimate of drug-likeness (QED) is 0.918. The minimum absolute atomic E-state index is 0.00580. The first-order valence-corrected chi connectivity index (χ1v) is 8.32. The molecule has 0 aliphatic carbocycles. The normalized spacial score (nSPS) is 20.6. The Bertz CT molecular complexity index is 791. The van der Waals surface area contributed by atoms with Crippen LogP contribution in [0.2, 0.25) is 0 Å². The van der Waals surface area contributed by atoms with Gasteiger partial charge in [-0.15, -0.1) is 0 Å². The van der Waals surface area contributed by atoms with E-state index in [0.717, 1.165) is 6.42 Å². The molecule has 25 heavy (non-hydrogen) atoms. The Morgan fingerprint density at radius 2 is 2.12 bits per heavy atom. The molecule has 0 unspecified atom stereocenters. The van der Waals surface area contributed by atoms with Gasteiger partial charge in [-0.05, 0) is 37.7 Å². The van der Waals surface area contributed by atoms with E-state index in [-0.39, 0.29) is 23.9 Å². The molecular formula is C18H21N5O2. The van der Waals surface area contributed by atoms with Crippen molar-refractivity contribution in [2.45, 2.75) is 38.3 Å². The lowest BCUT2D eigenvalue weighted by atomic mass is 10.1. The van der Waals surface area contributed by atoms with Gasteiger partial charge in [0.05, 0.1) is 17.7 Å². The second-order valence-corrected chi connectivity index (χ2v) is 6.70. The van der Waals surface area contributed by atoms with Crippen molar-refractivity contribution < 1.29 is 9.32 Å². The van der Waals surface area contributed by atoms with E-state index in [0.29, 0.717) is 29.4 Å². The maximum Gasteiger partial charge on any atom is 0.251 e. The molecule has 2 aromatic rings. The molecule has 130 valence electrons. The maximum absolute atomic E-state index is 12.4. The Labute approximate surface area is 146 Å². The van der Waals surface area contributed by atoms with Gasteiger partial charge in [0.15, 0.2) is 5.82 Å². The molecule has 1 amide bonds. The Morgan fingerprint density at radius 1 is 1.40 bits per heavy atom. The molecule has 1 aliphatic heterocycles. The van der Waals surface area contributed by atoms with Crippen molar-refractivity contribution in [2.75, 3.05) is 13.6 Å². The van der Waals surface area contributed by atoms with E-state index in [9.17, 15) is 4.79 Å². The van der Waals surface area contributed by atoms with E-state index in [1.54, 1.807) is 24.3 Å². The van der Waals surface area contributed by atoms with Crippen LogP contribution in [0.4, 0.5) is 0 Å². The predicted molar refractivity (Wildman–Crippen MR) is 90.8 cm³/mol. The molecule has 0 bridgehead atoms. The summed E-state index contributed by atoms with van der Waals surface area (Å²) < 4.78 is 5.40. The average Bonchev–Trinajstić information content (AvgIpc) is 3.21. The summed E-state index contributed by atoms with van der Waals surface area (Å²) in [5, 5.41) is 15.9. The number of benzene rings is 1. The molecule has 2 heterocycles. The number of nitrogens with one attached hydrogen (secondary N) is 1. The first-order valence-electron chi connectivity index (χ1n) is 8.32. The molecule has 1 saturated heterocycles. The van der Waals surface area contributed by atoms with Crippen LogP contribution >= 0.6 is 0 Å². The number of carbonyl (C=O) groups excluding carboxylic acids is 1. The Hall–Kier alpha value is -2.72. The zero-order valence-corrected chi connectivity index (χ0v) is 14.6. The van der Waals surface area contributed by atoms with Crippen molar-refractivity contribution in [3.63, 3.8) is 0 Å². The van der Waals surface area contributed by atoms with Gasteiger partial charge in [0.1, 0.15) is 0 Å². The van der Waals surface area contributed by atoms with Crippen molar-refractivity contribution in [1.82, 2.24) is 20.4 Å². The summed E-state index contributed by atoms with van der Waals surface area (Å²) in [5.41, 5.74) is 1.08. The Morgan fingerprint density at radius 3 is 2.72 bits per heavy atom. The zero-order valence-electron chi connectivity index (χ0n) is 14.6. The highest BCUT2D eigenvalue weighted by Crippen LogP contribution is 2.30. The summed E-state index contributed by atoms with van der Waals surface area (Å²) >= 11 is 0. The smallest absolute Gasteiger partial charge is 0.251 e. The van der Waals surface area contributed by atoms with E-state index in [2.05, 4.69) is 20.4 Å². The number of likely N-dealkylation sites (tertiary alicyclic amines) is 1. The van der Waals surface area contributed by atoms with Crippen molar-refractivity contribution in [3.05, 3.63) is 47.1 Å². The van der Waals surface area contributed by atoms with E-state index < -0.39 is 0 Å². The molecule has 3 rings (SSSR count). The van der Waals surface area contributed by atoms with Crippen molar-refractivity contribution in [1.29, 1.82) is 5.26 Å². The average molecular weight is 339 g/mol. The van der Waals surface area contributed by atoms with E-state index in [4.69, 9.17) is 9.78 Å². The topological polar surface area (TPSA) is 95.0 Å². The molecule has 0 saturated carbocycles. The van der Waals surface area contributed by atoms with Gasteiger partial charge in [-0.1, -0.05) is 19.0 Å². The van der Waals surface area contributed by atoms with Gasteiger partial charge in [-0.25, -0.2) is 0 Å². The second-order valence-electron chi connectivity index (χ2n) is 6.70. The van der Waals surface area contributed by atoms with Crippen LogP contribution < -0.4 is 5.32 Å². The first-order chi connectivity index (χ1) is 12.0. The molecule has 1 fully saturated rings. The van der Waals surface area contributed by atoms with Crippen LogP contribution in [0.5, 0.6) is 0 Å². The number of likely N-dealkylation sites (N-methyl/N-ethyl adjacent to an activating group) is 1. The maximum atomic E-state index is 12.4. The Balaban J connectivity index is 1.64. The number of carbonyl (C=O) groups is 1. The van der Waals surface area contributed by atoms with Crippen LogP contribution in [-0.4, -0.2) is 40.6 Å². The van der Waals surface area contributed by atoms with Crippen LogP contribution in [0.1, 0.15) is 59.9 Å². The fourth-order valence-corrected chi connectivity index (χ4v) is 2.97. The third-order valence-electron chi connectivity index (χ3n) is 4.42. The number of rotatable bonds is 4. The van der Waals surface area contributed by atoms with Gasteiger partial charge in [0.25, 0.3) is 5.91 Å². The molecule has 0 radical (unpaired) electrons. The lowest BCUT2D eigenvalue weighted by Gasteiger charge is -2.14. The first kappa shape index (κ1) is 17.1. The van der Waals surface area contributed by atoms with Crippen LogP contribution in [0.25, 0.3) is 0 Å². The summed E-state index contributed by atoms with van der Waals surface area (Å²) in [7, 11) is 1.98. The summed E-state index contributed by atoms with van der Waals surface area (Å²) in [5.74, 6) is 1.38. The second kappa shape index (κ2) is 7.03. The van der Waals surface area contributed by atoms with Crippen LogP contribution in [0.15, 0.2) is 28.8 Å². The number of hydrogen-bond acceptors (Lipinski definition) is 6. The number of nitriles is 1. The van der Waals surface area contributed by atoms with Gasteiger partial charge >= 0.3 is 0 Å². The third-order valence-corrected chi connectivity index (χ3v) is 4.42. The van der Waals surface area contributed by atoms with Crippen molar-refractivity contribution in [2.24, 2.45) is 0 Å². The highest BCUT2D eigenvalue weighted by Gasteiger charge is 2.35. The molecule has 1 aromatic heterocycles. The summed E-state index contributed by atoms with van der Waals surface area (Å²) in [6.45, 7) is 4.76. The highest BCUT2D eigenvalue weighted by atomic mass is 16.5.